The molecule has 2 fully saturated rings. The number of H-pyrrole nitrogens is 1. The van der Waals surface area contributed by atoms with Crippen molar-refractivity contribution in [3.8, 4) is 0 Å². The number of thiazole rings is 1. The lowest BCUT2D eigenvalue weighted by Gasteiger charge is -2.40. The second-order valence-corrected chi connectivity index (χ2v) is 8.26. The minimum absolute atomic E-state index is 0.188. The van der Waals surface area contributed by atoms with E-state index in [1.807, 2.05) is 23.4 Å². The number of imidazole rings is 1. The molecule has 1 amide bonds. The summed E-state index contributed by atoms with van der Waals surface area (Å²) in [6, 6.07) is 0. The molecule has 1 N–H and O–H groups in total. The maximum absolute atomic E-state index is 12.8. The van der Waals surface area contributed by atoms with Crippen molar-refractivity contribution >= 4 is 17.2 Å². The molecule has 26 heavy (non-hydrogen) atoms. The van der Waals surface area contributed by atoms with Crippen LogP contribution < -0.4 is 0 Å². The summed E-state index contributed by atoms with van der Waals surface area (Å²) in [7, 11) is 0. The molecule has 2 aliphatic rings. The Bertz CT molecular complexity index is 737. The molecule has 4 heterocycles. The van der Waals surface area contributed by atoms with Crippen LogP contribution in [0.2, 0.25) is 0 Å². The van der Waals surface area contributed by atoms with Gasteiger partial charge in [0.05, 0.1) is 42.4 Å². The van der Waals surface area contributed by atoms with Gasteiger partial charge in [-0.05, 0) is 19.8 Å². The van der Waals surface area contributed by atoms with E-state index in [1.165, 1.54) is 0 Å². The van der Waals surface area contributed by atoms with Gasteiger partial charge in [-0.3, -0.25) is 9.69 Å². The molecule has 2 aliphatic heterocycles. The third-order valence-corrected chi connectivity index (χ3v) is 6.13. The summed E-state index contributed by atoms with van der Waals surface area (Å²) in [5, 5.41) is 3.08. The molecule has 0 radical (unpaired) electrons. The highest BCUT2D eigenvalue weighted by Gasteiger charge is 2.40. The van der Waals surface area contributed by atoms with E-state index in [0.717, 1.165) is 49.0 Å². The number of aromatic amines is 1. The van der Waals surface area contributed by atoms with Crippen LogP contribution in [-0.4, -0.2) is 62.5 Å². The first-order valence-electron chi connectivity index (χ1n) is 9.15. The normalized spacial score (nSPS) is 21.3. The Kier molecular flexibility index (Phi) is 5.06. The number of carbonyl (C=O) groups is 1. The predicted molar refractivity (Wildman–Crippen MR) is 98.7 cm³/mol. The molecule has 8 heteroatoms. The number of hydrogen-bond donors (Lipinski definition) is 1. The van der Waals surface area contributed by atoms with Gasteiger partial charge in [0.25, 0.3) is 0 Å². The molecular weight excluding hydrogens is 350 g/mol. The molecule has 0 aromatic carbocycles. The van der Waals surface area contributed by atoms with Gasteiger partial charge >= 0.3 is 0 Å². The number of amides is 1. The molecule has 0 unspecified atom stereocenters. The summed E-state index contributed by atoms with van der Waals surface area (Å²) in [4.78, 5) is 29.0. The van der Waals surface area contributed by atoms with Crippen molar-refractivity contribution in [2.45, 2.75) is 44.9 Å². The molecule has 7 nitrogen and oxygen atoms in total. The monoisotopic (exact) mass is 375 g/mol. The largest absolute Gasteiger partial charge is 0.373 e. The maximum atomic E-state index is 12.8. The smallest absolute Gasteiger partial charge is 0.225 e. The number of aromatic nitrogens is 3. The first kappa shape index (κ1) is 17.6. The molecule has 2 aromatic rings. The number of piperidine rings is 1. The number of aryl methyl sites for hydroxylation is 1. The van der Waals surface area contributed by atoms with Crippen molar-refractivity contribution in [3.63, 3.8) is 0 Å². The van der Waals surface area contributed by atoms with Gasteiger partial charge in [0.1, 0.15) is 5.82 Å². The van der Waals surface area contributed by atoms with Crippen LogP contribution in [0.25, 0.3) is 0 Å². The van der Waals surface area contributed by atoms with Crippen LogP contribution in [0.15, 0.2) is 17.8 Å². The van der Waals surface area contributed by atoms with Crippen molar-refractivity contribution in [3.05, 3.63) is 34.3 Å². The highest BCUT2D eigenvalue weighted by Crippen LogP contribution is 2.33. The van der Waals surface area contributed by atoms with Gasteiger partial charge in [-0.25, -0.2) is 9.97 Å². The Morgan fingerprint density at radius 2 is 2.15 bits per heavy atom. The highest BCUT2D eigenvalue weighted by molar-refractivity contribution is 7.09. The Hall–Kier alpha value is -1.77. The predicted octanol–water partition coefficient (Wildman–Crippen LogP) is 1.96. The van der Waals surface area contributed by atoms with Crippen molar-refractivity contribution in [1.29, 1.82) is 0 Å². The maximum Gasteiger partial charge on any atom is 0.225 e. The van der Waals surface area contributed by atoms with Gasteiger partial charge in [0, 0.05) is 37.4 Å². The fourth-order valence-corrected chi connectivity index (χ4v) is 4.42. The topological polar surface area (TPSA) is 74.3 Å². The summed E-state index contributed by atoms with van der Waals surface area (Å²) >= 11 is 1.63. The number of likely N-dealkylation sites (tertiary alicyclic amines) is 1. The highest BCUT2D eigenvalue weighted by atomic mass is 32.1. The summed E-state index contributed by atoms with van der Waals surface area (Å²) in [5.41, 5.74) is 0.675. The second-order valence-electron chi connectivity index (χ2n) is 7.19. The number of hydrogen-bond acceptors (Lipinski definition) is 6. The van der Waals surface area contributed by atoms with Gasteiger partial charge in [-0.2, -0.15) is 0 Å². The summed E-state index contributed by atoms with van der Waals surface area (Å²) in [6.45, 7) is 6.52. The fourth-order valence-electron chi connectivity index (χ4n) is 3.82. The number of ether oxygens (including phenoxy) is 1. The number of nitrogens with zero attached hydrogens (tertiary/aromatic N) is 4. The zero-order chi connectivity index (χ0) is 18.0. The molecule has 0 aliphatic carbocycles. The average Bonchev–Trinajstić information content (AvgIpc) is 3.25. The lowest BCUT2D eigenvalue weighted by atomic mass is 9.87. The SMILES string of the molecule is Cc1nc(CN2CCOC3(CCN(Cc4ncc[nH]4)CC3)CC2=O)cs1. The average molecular weight is 375 g/mol. The zero-order valence-corrected chi connectivity index (χ0v) is 15.9. The first-order valence-corrected chi connectivity index (χ1v) is 10.0. The van der Waals surface area contributed by atoms with Crippen LogP contribution in [0.1, 0.15) is 35.8 Å². The van der Waals surface area contributed by atoms with Gasteiger partial charge in [0.15, 0.2) is 0 Å². The number of carbonyl (C=O) groups excluding carboxylic acids is 1. The lowest BCUT2D eigenvalue weighted by molar-refractivity contribution is -0.136. The van der Waals surface area contributed by atoms with Crippen molar-refractivity contribution in [1.82, 2.24) is 24.8 Å². The standard InChI is InChI=1S/C18H25N5O2S/c1-14-21-15(13-26-14)11-23-8-9-25-18(10-17(23)24)2-6-22(7-3-18)12-16-19-4-5-20-16/h4-5,13H,2-3,6-12H2,1H3,(H,19,20). The minimum Gasteiger partial charge on any atom is -0.373 e. The molecular formula is C18H25N5O2S. The van der Waals surface area contributed by atoms with Crippen LogP contribution in [-0.2, 0) is 22.6 Å². The number of nitrogens with one attached hydrogen (secondary N) is 1. The third kappa shape index (κ3) is 3.97. The van der Waals surface area contributed by atoms with Gasteiger partial charge < -0.3 is 14.6 Å². The van der Waals surface area contributed by atoms with Gasteiger partial charge in [0.2, 0.25) is 5.91 Å². The van der Waals surface area contributed by atoms with E-state index >= 15 is 0 Å². The molecule has 2 saturated heterocycles. The van der Waals surface area contributed by atoms with Crippen LogP contribution >= 0.6 is 11.3 Å². The third-order valence-electron chi connectivity index (χ3n) is 5.31. The first-order chi connectivity index (χ1) is 12.6. The summed E-state index contributed by atoms with van der Waals surface area (Å²) < 4.78 is 6.23. The molecule has 0 saturated carbocycles. The van der Waals surface area contributed by atoms with Gasteiger partial charge in [-0.1, -0.05) is 0 Å². The molecule has 0 atom stereocenters. The molecule has 140 valence electrons. The van der Waals surface area contributed by atoms with Crippen LogP contribution in [0.4, 0.5) is 0 Å². The Morgan fingerprint density at radius 3 is 2.85 bits per heavy atom. The Labute approximate surface area is 157 Å². The van der Waals surface area contributed by atoms with Crippen LogP contribution in [0.5, 0.6) is 0 Å². The zero-order valence-electron chi connectivity index (χ0n) is 15.1. The quantitative estimate of drug-likeness (QED) is 0.884. The van der Waals surface area contributed by atoms with E-state index in [0.29, 0.717) is 26.1 Å². The van der Waals surface area contributed by atoms with E-state index in [4.69, 9.17) is 4.74 Å². The van der Waals surface area contributed by atoms with E-state index in [1.54, 1.807) is 17.5 Å². The second kappa shape index (κ2) is 7.46. The Morgan fingerprint density at radius 1 is 1.31 bits per heavy atom. The minimum atomic E-state index is -0.302. The molecule has 0 bridgehead atoms. The van der Waals surface area contributed by atoms with E-state index in [-0.39, 0.29) is 11.5 Å². The summed E-state index contributed by atoms with van der Waals surface area (Å²) in [5.74, 6) is 1.18. The fraction of sp³-hybridized carbons (Fsp3) is 0.611. The molecule has 4 rings (SSSR count). The van der Waals surface area contributed by atoms with Gasteiger partial charge in [-0.15, -0.1) is 11.3 Å². The van der Waals surface area contributed by atoms with E-state index < -0.39 is 0 Å². The lowest BCUT2D eigenvalue weighted by Crippen LogP contribution is -2.47. The summed E-state index contributed by atoms with van der Waals surface area (Å²) in [6.07, 6.45) is 5.90. The number of rotatable bonds is 4. The van der Waals surface area contributed by atoms with E-state index in [2.05, 4.69) is 19.9 Å². The molecule has 2 aromatic heterocycles. The van der Waals surface area contributed by atoms with E-state index in [9.17, 15) is 4.79 Å². The molecule has 1 spiro atoms. The van der Waals surface area contributed by atoms with Crippen LogP contribution in [0, 0.1) is 6.92 Å². The van der Waals surface area contributed by atoms with Crippen molar-refractivity contribution < 1.29 is 9.53 Å². The van der Waals surface area contributed by atoms with Crippen molar-refractivity contribution in [2.24, 2.45) is 0 Å². The van der Waals surface area contributed by atoms with Crippen molar-refractivity contribution in [2.75, 3.05) is 26.2 Å². The van der Waals surface area contributed by atoms with Crippen LogP contribution in [0.3, 0.4) is 0 Å². The Balaban J connectivity index is 1.34.